The number of halogens is 3. The number of benzene rings is 2. The van der Waals surface area contributed by atoms with E-state index in [1.807, 2.05) is 0 Å². The highest BCUT2D eigenvalue weighted by atomic mass is 19.4. The first-order chi connectivity index (χ1) is 13.3. The second-order valence-corrected chi connectivity index (χ2v) is 8.25. The van der Waals surface area contributed by atoms with Gasteiger partial charge in [-0.1, -0.05) is 30.3 Å². The lowest BCUT2D eigenvalue weighted by molar-refractivity contribution is -0.158. The third-order valence-electron chi connectivity index (χ3n) is 5.14. The maximum absolute atomic E-state index is 13.5. The fourth-order valence-electron chi connectivity index (χ4n) is 3.73. The molecule has 0 radical (unpaired) electrons. The summed E-state index contributed by atoms with van der Waals surface area (Å²) in [4.78, 5) is 13.0. The molecule has 0 atom stereocenters. The molecule has 0 unspecified atom stereocenters. The standard InChI is InChI=1S/C23H23F3O3/c1-13-10-11-14(15-8-6-7-9-17(15)23(24,25)26)12-16(13)18-19(27)21(2,3)29-22(4,5)20(18)28/h6-12,27H,1-5H3. The Morgan fingerprint density at radius 1 is 0.931 bits per heavy atom. The number of hydrogen-bond acceptors (Lipinski definition) is 3. The van der Waals surface area contributed by atoms with E-state index in [1.165, 1.54) is 24.3 Å². The van der Waals surface area contributed by atoms with Gasteiger partial charge in [0.1, 0.15) is 17.0 Å². The summed E-state index contributed by atoms with van der Waals surface area (Å²) in [5.74, 6) is -0.648. The summed E-state index contributed by atoms with van der Waals surface area (Å²) in [6, 6.07) is 10.1. The van der Waals surface area contributed by atoms with E-state index in [-0.39, 0.29) is 16.9 Å². The molecule has 6 heteroatoms. The molecule has 1 heterocycles. The number of rotatable bonds is 2. The minimum absolute atomic E-state index is 0.0133. The third kappa shape index (κ3) is 3.69. The first-order valence-electron chi connectivity index (χ1n) is 9.22. The van der Waals surface area contributed by atoms with Crippen LogP contribution in [0, 0.1) is 6.92 Å². The second-order valence-electron chi connectivity index (χ2n) is 8.25. The number of alkyl halides is 3. The van der Waals surface area contributed by atoms with E-state index in [4.69, 9.17) is 4.74 Å². The van der Waals surface area contributed by atoms with E-state index < -0.39 is 28.7 Å². The van der Waals surface area contributed by atoms with Crippen LogP contribution < -0.4 is 0 Å². The van der Waals surface area contributed by atoms with E-state index in [9.17, 15) is 23.1 Å². The molecular formula is C23H23F3O3. The fourth-order valence-corrected chi connectivity index (χ4v) is 3.73. The normalized spacial score (nSPS) is 18.8. The van der Waals surface area contributed by atoms with Gasteiger partial charge in [-0.2, -0.15) is 13.2 Å². The molecule has 3 rings (SSSR count). The summed E-state index contributed by atoms with van der Waals surface area (Å²) in [5, 5.41) is 10.8. The minimum Gasteiger partial charge on any atom is -0.508 e. The maximum atomic E-state index is 13.5. The molecule has 1 aliphatic rings. The van der Waals surface area contributed by atoms with Crippen molar-refractivity contribution in [2.45, 2.75) is 52.0 Å². The Kier molecular flexibility index (Phi) is 4.90. The van der Waals surface area contributed by atoms with Gasteiger partial charge in [0.05, 0.1) is 11.1 Å². The smallest absolute Gasteiger partial charge is 0.417 e. The van der Waals surface area contributed by atoms with Crippen LogP contribution in [-0.2, 0) is 15.7 Å². The van der Waals surface area contributed by atoms with Crippen LogP contribution in [0.15, 0.2) is 48.2 Å². The Morgan fingerprint density at radius 2 is 1.55 bits per heavy atom. The molecule has 0 saturated carbocycles. The first-order valence-corrected chi connectivity index (χ1v) is 9.22. The van der Waals surface area contributed by atoms with Crippen molar-refractivity contribution >= 4 is 11.4 Å². The lowest BCUT2D eigenvalue weighted by Crippen LogP contribution is -2.49. The number of carbonyl (C=O) groups is 1. The SMILES string of the molecule is Cc1ccc(-c2ccccc2C(F)(F)F)cc1C1=C(O)C(C)(C)OC(C)(C)C1=O. The maximum Gasteiger partial charge on any atom is 0.417 e. The number of ether oxygens (including phenoxy) is 1. The Labute approximate surface area is 167 Å². The topological polar surface area (TPSA) is 46.5 Å². The highest BCUT2D eigenvalue weighted by Gasteiger charge is 2.47. The first kappa shape index (κ1) is 21.1. The van der Waals surface area contributed by atoms with Crippen LogP contribution in [0.5, 0.6) is 0 Å². The molecule has 2 aromatic rings. The van der Waals surface area contributed by atoms with Crippen LogP contribution in [0.1, 0.15) is 44.4 Å². The van der Waals surface area contributed by atoms with E-state index >= 15 is 0 Å². The Hall–Kier alpha value is -2.60. The summed E-state index contributed by atoms with van der Waals surface area (Å²) < 4.78 is 46.2. The predicted octanol–water partition coefficient (Wildman–Crippen LogP) is 6.11. The number of carbonyl (C=O) groups excluding carboxylic acids is 1. The van der Waals surface area contributed by atoms with Crippen LogP contribution in [0.3, 0.4) is 0 Å². The van der Waals surface area contributed by atoms with Crippen molar-refractivity contribution in [1.29, 1.82) is 0 Å². The van der Waals surface area contributed by atoms with Gasteiger partial charge in [0.25, 0.3) is 0 Å². The number of Topliss-reactive ketones (excluding diaryl/α,β-unsaturated/α-hetero) is 1. The molecule has 0 aromatic heterocycles. The van der Waals surface area contributed by atoms with Crippen molar-refractivity contribution in [2.24, 2.45) is 0 Å². The minimum atomic E-state index is -4.51. The molecule has 0 saturated heterocycles. The molecule has 3 nitrogen and oxygen atoms in total. The monoisotopic (exact) mass is 404 g/mol. The molecule has 0 spiro atoms. The Bertz CT molecular complexity index is 1010. The van der Waals surface area contributed by atoms with Crippen molar-refractivity contribution in [1.82, 2.24) is 0 Å². The molecule has 0 aliphatic carbocycles. The van der Waals surface area contributed by atoms with Crippen molar-refractivity contribution in [3.05, 3.63) is 64.9 Å². The Balaban J connectivity index is 2.26. The largest absolute Gasteiger partial charge is 0.508 e. The molecule has 0 amide bonds. The van der Waals surface area contributed by atoms with Gasteiger partial charge in [0.2, 0.25) is 0 Å². The van der Waals surface area contributed by atoms with Crippen molar-refractivity contribution in [3.63, 3.8) is 0 Å². The van der Waals surface area contributed by atoms with Gasteiger partial charge >= 0.3 is 6.18 Å². The van der Waals surface area contributed by atoms with Crippen molar-refractivity contribution in [3.8, 4) is 11.1 Å². The number of ketones is 1. The zero-order chi connectivity index (χ0) is 21.8. The van der Waals surface area contributed by atoms with Crippen LogP contribution in [0.25, 0.3) is 16.7 Å². The molecule has 0 bridgehead atoms. The van der Waals surface area contributed by atoms with Crippen molar-refractivity contribution < 1.29 is 27.8 Å². The molecule has 29 heavy (non-hydrogen) atoms. The third-order valence-corrected chi connectivity index (χ3v) is 5.14. The average molecular weight is 404 g/mol. The lowest BCUT2D eigenvalue weighted by atomic mass is 9.81. The van der Waals surface area contributed by atoms with Gasteiger partial charge in [0.15, 0.2) is 5.78 Å². The predicted molar refractivity (Wildman–Crippen MR) is 105 cm³/mol. The zero-order valence-corrected chi connectivity index (χ0v) is 16.9. The molecule has 1 N–H and O–H groups in total. The Morgan fingerprint density at radius 3 is 2.17 bits per heavy atom. The zero-order valence-electron chi connectivity index (χ0n) is 16.9. The van der Waals surface area contributed by atoms with Crippen LogP contribution in [0.4, 0.5) is 13.2 Å². The van der Waals surface area contributed by atoms with Crippen molar-refractivity contribution in [2.75, 3.05) is 0 Å². The van der Waals surface area contributed by atoms with Crippen LogP contribution in [0.2, 0.25) is 0 Å². The summed E-state index contributed by atoms with van der Waals surface area (Å²) in [7, 11) is 0. The quantitative estimate of drug-likeness (QED) is 0.657. The molecular weight excluding hydrogens is 381 g/mol. The van der Waals surface area contributed by atoms with E-state index in [0.717, 1.165) is 6.07 Å². The summed E-state index contributed by atoms with van der Waals surface area (Å²) in [6.07, 6.45) is -4.51. The number of aliphatic hydroxyl groups excluding tert-OH is 1. The van der Waals surface area contributed by atoms with E-state index in [1.54, 1.807) is 46.8 Å². The van der Waals surface area contributed by atoms with Crippen LogP contribution in [-0.4, -0.2) is 22.1 Å². The van der Waals surface area contributed by atoms with Gasteiger partial charge in [-0.25, -0.2) is 0 Å². The number of aliphatic hydroxyl groups is 1. The highest BCUT2D eigenvalue weighted by molar-refractivity contribution is 6.26. The fraction of sp³-hybridized carbons (Fsp3) is 0.348. The van der Waals surface area contributed by atoms with Gasteiger partial charge in [-0.15, -0.1) is 0 Å². The molecule has 2 aromatic carbocycles. The molecule has 154 valence electrons. The molecule has 0 fully saturated rings. The van der Waals surface area contributed by atoms with Gasteiger partial charge < -0.3 is 9.84 Å². The lowest BCUT2D eigenvalue weighted by Gasteiger charge is -2.40. The number of hydrogen-bond donors (Lipinski definition) is 1. The van der Waals surface area contributed by atoms with E-state index in [2.05, 4.69) is 0 Å². The van der Waals surface area contributed by atoms with E-state index in [0.29, 0.717) is 16.7 Å². The van der Waals surface area contributed by atoms with Crippen LogP contribution >= 0.6 is 0 Å². The highest BCUT2D eigenvalue weighted by Crippen LogP contribution is 2.42. The molecule has 1 aliphatic heterocycles. The summed E-state index contributed by atoms with van der Waals surface area (Å²) >= 11 is 0. The summed E-state index contributed by atoms with van der Waals surface area (Å²) in [6.45, 7) is 8.27. The second kappa shape index (κ2) is 6.73. The summed E-state index contributed by atoms with van der Waals surface area (Å²) in [5.41, 5.74) is -1.58. The average Bonchev–Trinajstić information content (AvgIpc) is 2.60. The van der Waals surface area contributed by atoms with Gasteiger partial charge in [-0.05, 0) is 69.0 Å². The van der Waals surface area contributed by atoms with Gasteiger partial charge in [0, 0.05) is 0 Å². The number of aryl methyl sites for hydroxylation is 1. The van der Waals surface area contributed by atoms with Gasteiger partial charge in [-0.3, -0.25) is 4.79 Å².